The number of nitrogens with one attached hydrogen (secondary N) is 2. The fourth-order valence-corrected chi connectivity index (χ4v) is 6.05. The van der Waals surface area contributed by atoms with Gasteiger partial charge >= 0.3 is 0 Å². The van der Waals surface area contributed by atoms with Crippen LogP contribution < -0.4 is 15.4 Å². The molecular weight excluding hydrogens is 597 g/mol. The third kappa shape index (κ3) is 7.28. The molecule has 0 fully saturated rings. The van der Waals surface area contributed by atoms with Crippen LogP contribution in [0.5, 0.6) is 5.75 Å². The van der Waals surface area contributed by atoms with Gasteiger partial charge in [0.05, 0.1) is 22.8 Å². The lowest BCUT2D eigenvalue weighted by molar-refractivity contribution is -0.115. The van der Waals surface area contributed by atoms with Crippen LogP contribution in [-0.2, 0) is 4.79 Å². The first-order valence-corrected chi connectivity index (χ1v) is 14.9. The lowest BCUT2D eigenvalue weighted by Crippen LogP contribution is -2.19. The van der Waals surface area contributed by atoms with E-state index in [1.807, 2.05) is 60.0 Å². The van der Waals surface area contributed by atoms with Gasteiger partial charge in [0, 0.05) is 27.1 Å². The fourth-order valence-electron chi connectivity index (χ4n) is 3.94. The van der Waals surface area contributed by atoms with Crippen LogP contribution in [0, 0.1) is 0 Å². The Morgan fingerprint density at radius 1 is 0.878 bits per heavy atom. The number of rotatable bonds is 9. The summed E-state index contributed by atoms with van der Waals surface area (Å²) >= 11 is 14.9. The molecule has 0 aliphatic carbocycles. The van der Waals surface area contributed by atoms with E-state index >= 15 is 0 Å². The van der Waals surface area contributed by atoms with Crippen LogP contribution in [0.2, 0.25) is 10.0 Å². The van der Waals surface area contributed by atoms with Crippen molar-refractivity contribution in [2.75, 3.05) is 17.7 Å². The second-order valence-corrected chi connectivity index (χ2v) is 11.6. The maximum absolute atomic E-state index is 13.6. The molecule has 0 saturated carbocycles. The number of halogens is 2. The zero-order chi connectivity index (χ0) is 28.8. The summed E-state index contributed by atoms with van der Waals surface area (Å²) in [6.45, 7) is 0. The maximum atomic E-state index is 13.6. The van der Waals surface area contributed by atoms with Crippen LogP contribution in [0.25, 0.3) is 11.3 Å². The van der Waals surface area contributed by atoms with Crippen LogP contribution in [-0.4, -0.2) is 23.9 Å². The van der Waals surface area contributed by atoms with Crippen molar-refractivity contribution in [3.63, 3.8) is 0 Å². The van der Waals surface area contributed by atoms with E-state index in [1.165, 1.54) is 23.1 Å². The SMILES string of the molecule is COc1cccc(C(=O)Nc2cccc(SC(C(=O)Nc3nc(-c4ccc(Cl)c(Cl)c4)cs3)c3ccccc3)c2)c1. The molecule has 10 heteroatoms. The molecule has 0 bridgehead atoms. The highest BCUT2D eigenvalue weighted by atomic mass is 35.5. The van der Waals surface area contributed by atoms with Gasteiger partial charge in [0.1, 0.15) is 11.0 Å². The van der Waals surface area contributed by atoms with Crippen molar-refractivity contribution < 1.29 is 14.3 Å². The third-order valence-electron chi connectivity index (χ3n) is 5.97. The predicted molar refractivity (Wildman–Crippen MR) is 169 cm³/mol. The predicted octanol–water partition coefficient (Wildman–Crippen LogP) is 8.85. The van der Waals surface area contributed by atoms with E-state index in [0.717, 1.165) is 16.0 Å². The number of hydrogen-bond acceptors (Lipinski definition) is 6. The van der Waals surface area contributed by atoms with Gasteiger partial charge in [-0.15, -0.1) is 23.1 Å². The van der Waals surface area contributed by atoms with Gasteiger partial charge in [-0.05, 0) is 54.1 Å². The number of benzene rings is 4. The number of hydrogen-bond donors (Lipinski definition) is 2. The first-order chi connectivity index (χ1) is 19.9. The Morgan fingerprint density at radius 2 is 1.68 bits per heavy atom. The number of thiazole rings is 1. The van der Waals surface area contributed by atoms with Gasteiger partial charge in [-0.25, -0.2) is 4.98 Å². The molecule has 1 heterocycles. The van der Waals surface area contributed by atoms with Crippen molar-refractivity contribution in [3.05, 3.63) is 124 Å². The second-order valence-electron chi connectivity index (χ2n) is 8.78. The first kappa shape index (κ1) is 28.7. The molecule has 2 amide bonds. The topological polar surface area (TPSA) is 80.3 Å². The van der Waals surface area contributed by atoms with Gasteiger partial charge in [0.2, 0.25) is 5.91 Å². The Hall–Kier alpha value is -3.82. The smallest absolute Gasteiger partial charge is 0.255 e. The molecule has 4 aromatic carbocycles. The number of thioether (sulfide) groups is 1. The van der Waals surface area contributed by atoms with Crippen molar-refractivity contribution in [2.24, 2.45) is 0 Å². The number of anilines is 2. The number of carbonyl (C=O) groups excluding carboxylic acids is 2. The summed E-state index contributed by atoms with van der Waals surface area (Å²) < 4.78 is 5.22. The highest BCUT2D eigenvalue weighted by Crippen LogP contribution is 2.38. The molecular formula is C31H23Cl2N3O3S2. The number of amides is 2. The van der Waals surface area contributed by atoms with Gasteiger partial charge in [0.25, 0.3) is 5.91 Å². The maximum Gasteiger partial charge on any atom is 0.255 e. The molecule has 5 aromatic rings. The molecule has 0 saturated heterocycles. The molecule has 6 nitrogen and oxygen atoms in total. The number of nitrogens with zero attached hydrogens (tertiary/aromatic N) is 1. The van der Waals surface area contributed by atoms with Crippen molar-refractivity contribution in [2.45, 2.75) is 10.1 Å². The molecule has 1 aromatic heterocycles. The van der Waals surface area contributed by atoms with E-state index in [-0.39, 0.29) is 11.8 Å². The molecule has 0 radical (unpaired) electrons. The van der Waals surface area contributed by atoms with Crippen molar-refractivity contribution in [3.8, 4) is 17.0 Å². The summed E-state index contributed by atoms with van der Waals surface area (Å²) in [5.74, 6) is 0.120. The summed E-state index contributed by atoms with van der Waals surface area (Å²) in [6, 6.07) is 29.1. The monoisotopic (exact) mass is 619 g/mol. The van der Waals surface area contributed by atoms with Gasteiger partial charge in [0.15, 0.2) is 5.13 Å². The quantitative estimate of drug-likeness (QED) is 0.161. The number of aromatic nitrogens is 1. The second kappa shape index (κ2) is 13.2. The first-order valence-electron chi connectivity index (χ1n) is 12.4. The van der Waals surface area contributed by atoms with Crippen LogP contribution in [0.15, 0.2) is 107 Å². The average molecular weight is 621 g/mol. The van der Waals surface area contributed by atoms with Crippen molar-refractivity contribution in [1.29, 1.82) is 0 Å². The van der Waals surface area contributed by atoms with Crippen molar-refractivity contribution >= 4 is 68.9 Å². The average Bonchev–Trinajstić information content (AvgIpc) is 3.46. The van der Waals surface area contributed by atoms with E-state index in [1.54, 1.807) is 49.6 Å². The molecule has 5 rings (SSSR count). The number of ether oxygens (including phenoxy) is 1. The van der Waals surface area contributed by atoms with E-state index in [9.17, 15) is 9.59 Å². The molecule has 1 unspecified atom stereocenters. The van der Waals surface area contributed by atoms with Gasteiger partial charge < -0.3 is 15.4 Å². The summed E-state index contributed by atoms with van der Waals surface area (Å²) in [4.78, 5) is 31.8. The Kier molecular flexibility index (Phi) is 9.26. The summed E-state index contributed by atoms with van der Waals surface area (Å²) in [5.41, 5.74) is 3.42. The molecule has 41 heavy (non-hydrogen) atoms. The zero-order valence-corrected chi connectivity index (χ0v) is 24.8. The molecule has 0 aliphatic heterocycles. The van der Waals surface area contributed by atoms with E-state index in [2.05, 4.69) is 15.6 Å². The Bertz CT molecular complexity index is 1700. The molecule has 206 valence electrons. The highest BCUT2D eigenvalue weighted by molar-refractivity contribution is 8.00. The molecule has 1 atom stereocenters. The van der Waals surface area contributed by atoms with Gasteiger partial charge in [-0.3, -0.25) is 9.59 Å². The van der Waals surface area contributed by atoms with Crippen LogP contribution >= 0.6 is 46.3 Å². The number of carbonyl (C=O) groups is 2. The normalized spacial score (nSPS) is 11.5. The molecule has 2 N–H and O–H groups in total. The Balaban J connectivity index is 1.33. The van der Waals surface area contributed by atoms with Crippen LogP contribution in [0.1, 0.15) is 21.2 Å². The van der Waals surface area contributed by atoms with Crippen LogP contribution in [0.4, 0.5) is 10.8 Å². The third-order valence-corrected chi connectivity index (χ3v) is 8.71. The summed E-state index contributed by atoms with van der Waals surface area (Å²) in [7, 11) is 1.56. The van der Waals surface area contributed by atoms with Crippen molar-refractivity contribution in [1.82, 2.24) is 4.98 Å². The Labute approximate surface area is 255 Å². The lowest BCUT2D eigenvalue weighted by Gasteiger charge is -2.17. The minimum absolute atomic E-state index is 0.220. The Morgan fingerprint density at radius 3 is 2.46 bits per heavy atom. The molecule has 0 aliphatic rings. The lowest BCUT2D eigenvalue weighted by atomic mass is 10.1. The summed E-state index contributed by atoms with van der Waals surface area (Å²) in [6.07, 6.45) is 0. The minimum Gasteiger partial charge on any atom is -0.497 e. The van der Waals surface area contributed by atoms with Crippen LogP contribution in [0.3, 0.4) is 0 Å². The summed E-state index contributed by atoms with van der Waals surface area (Å²) in [5, 5.41) is 8.54. The largest absolute Gasteiger partial charge is 0.497 e. The fraction of sp³-hybridized carbons (Fsp3) is 0.0645. The van der Waals surface area contributed by atoms with E-state index < -0.39 is 5.25 Å². The van der Waals surface area contributed by atoms with E-state index in [0.29, 0.717) is 37.9 Å². The minimum atomic E-state index is -0.571. The van der Waals surface area contributed by atoms with E-state index in [4.69, 9.17) is 27.9 Å². The zero-order valence-electron chi connectivity index (χ0n) is 21.6. The highest BCUT2D eigenvalue weighted by Gasteiger charge is 2.23. The van der Waals surface area contributed by atoms with Gasteiger partial charge in [-0.2, -0.15) is 0 Å². The molecule has 0 spiro atoms. The number of methoxy groups -OCH3 is 1. The standard InChI is InChI=1S/C31H23Cl2N3O3S2/c1-39-23-11-5-9-21(15-23)29(37)34-22-10-6-12-24(17-22)41-28(19-7-3-2-4-8-19)30(38)36-31-35-27(18-40-31)20-13-14-25(32)26(33)16-20/h2-18,28H,1H3,(H,34,37)(H,35,36,38). The van der Waals surface area contributed by atoms with Gasteiger partial charge in [-0.1, -0.05) is 71.7 Å².